The average Bonchev–Trinajstić information content (AvgIpc) is 2.53. The standard InChI is InChI=1S/C18H26F3N3O2.ClH/c1-12-8-13(2)17(14(3)9-12)26-11-16(25)23-10-15(18(19,20)21)24-6-4-22-5-7-24;/h8-9,15,22H,4-7,10-11H2,1-3H3,(H,23,25);1H. The van der Waals surface area contributed by atoms with Crippen molar-refractivity contribution in [3.63, 3.8) is 0 Å². The van der Waals surface area contributed by atoms with Crippen LogP contribution < -0.4 is 15.4 Å². The van der Waals surface area contributed by atoms with Crippen LogP contribution in [0.1, 0.15) is 16.7 Å². The molecule has 1 heterocycles. The summed E-state index contributed by atoms with van der Waals surface area (Å²) in [6.45, 7) is 6.55. The summed E-state index contributed by atoms with van der Waals surface area (Å²) >= 11 is 0. The molecule has 0 aromatic heterocycles. The molecule has 2 N–H and O–H groups in total. The number of aryl methyl sites for hydroxylation is 3. The number of nitrogens with zero attached hydrogens (tertiary/aromatic N) is 1. The van der Waals surface area contributed by atoms with Crippen molar-refractivity contribution in [3.8, 4) is 5.75 Å². The molecule has 0 spiro atoms. The summed E-state index contributed by atoms with van der Waals surface area (Å²) in [7, 11) is 0. The van der Waals surface area contributed by atoms with Gasteiger partial charge in [-0.25, -0.2) is 0 Å². The number of hydrogen-bond acceptors (Lipinski definition) is 4. The maximum Gasteiger partial charge on any atom is 0.405 e. The minimum absolute atomic E-state index is 0. The number of piperazine rings is 1. The molecule has 0 radical (unpaired) electrons. The van der Waals surface area contributed by atoms with E-state index in [-0.39, 0.29) is 19.0 Å². The van der Waals surface area contributed by atoms with Crippen molar-refractivity contribution in [2.75, 3.05) is 39.3 Å². The van der Waals surface area contributed by atoms with Crippen molar-refractivity contribution >= 4 is 18.3 Å². The van der Waals surface area contributed by atoms with Gasteiger partial charge in [-0.1, -0.05) is 17.7 Å². The molecule has 154 valence electrons. The van der Waals surface area contributed by atoms with Crippen LogP contribution in [0.5, 0.6) is 5.75 Å². The summed E-state index contributed by atoms with van der Waals surface area (Å²) in [5.41, 5.74) is 2.87. The van der Waals surface area contributed by atoms with E-state index >= 15 is 0 Å². The molecular formula is C18H27ClF3N3O2. The van der Waals surface area contributed by atoms with Gasteiger partial charge in [0.15, 0.2) is 6.61 Å². The number of rotatable bonds is 6. The quantitative estimate of drug-likeness (QED) is 0.757. The van der Waals surface area contributed by atoms with Crippen LogP contribution in [-0.2, 0) is 4.79 Å². The van der Waals surface area contributed by atoms with E-state index in [1.165, 1.54) is 4.90 Å². The Bertz CT molecular complexity index is 612. The Labute approximate surface area is 164 Å². The van der Waals surface area contributed by atoms with Gasteiger partial charge in [0.2, 0.25) is 0 Å². The second-order valence-electron chi connectivity index (χ2n) is 6.66. The summed E-state index contributed by atoms with van der Waals surface area (Å²) in [6.07, 6.45) is -4.39. The fourth-order valence-corrected chi connectivity index (χ4v) is 3.24. The molecule has 1 aromatic rings. The van der Waals surface area contributed by atoms with Crippen LogP contribution in [0.15, 0.2) is 12.1 Å². The lowest BCUT2D eigenvalue weighted by Crippen LogP contribution is -2.57. The molecule has 1 aliphatic rings. The number of benzene rings is 1. The molecule has 1 fully saturated rings. The maximum absolute atomic E-state index is 13.3. The molecule has 1 amide bonds. The first kappa shape index (κ1) is 23.5. The van der Waals surface area contributed by atoms with Crippen molar-refractivity contribution in [2.45, 2.75) is 33.0 Å². The van der Waals surface area contributed by atoms with Crippen molar-refractivity contribution in [2.24, 2.45) is 0 Å². The lowest BCUT2D eigenvalue weighted by Gasteiger charge is -2.35. The summed E-state index contributed by atoms with van der Waals surface area (Å²) in [5.74, 6) is 0.0361. The maximum atomic E-state index is 13.3. The Kier molecular flexibility index (Phi) is 8.84. The number of ether oxygens (including phenoxy) is 1. The Hall–Kier alpha value is -1.51. The van der Waals surface area contributed by atoms with E-state index in [0.717, 1.165) is 16.7 Å². The Morgan fingerprint density at radius 3 is 2.30 bits per heavy atom. The third-order valence-corrected chi connectivity index (χ3v) is 4.42. The second-order valence-corrected chi connectivity index (χ2v) is 6.66. The molecule has 0 bridgehead atoms. The van der Waals surface area contributed by atoms with E-state index < -0.39 is 24.7 Å². The van der Waals surface area contributed by atoms with Crippen LogP contribution in [0.2, 0.25) is 0 Å². The van der Waals surface area contributed by atoms with Gasteiger partial charge in [-0.05, 0) is 31.9 Å². The van der Waals surface area contributed by atoms with E-state index in [0.29, 0.717) is 31.9 Å². The van der Waals surface area contributed by atoms with Crippen molar-refractivity contribution in [1.82, 2.24) is 15.5 Å². The summed E-state index contributed by atoms with van der Waals surface area (Å²) in [4.78, 5) is 13.3. The molecule has 1 atom stereocenters. The molecule has 9 heteroatoms. The Balaban J connectivity index is 0.00000364. The van der Waals surface area contributed by atoms with Crippen LogP contribution >= 0.6 is 12.4 Å². The lowest BCUT2D eigenvalue weighted by atomic mass is 10.1. The van der Waals surface area contributed by atoms with E-state index in [1.54, 1.807) is 0 Å². The lowest BCUT2D eigenvalue weighted by molar-refractivity contribution is -0.184. The highest BCUT2D eigenvalue weighted by molar-refractivity contribution is 5.85. The normalized spacial score (nSPS) is 16.4. The number of nitrogens with one attached hydrogen (secondary N) is 2. The number of alkyl halides is 3. The summed E-state index contributed by atoms with van der Waals surface area (Å²) < 4.78 is 45.4. The number of halogens is 4. The molecular weight excluding hydrogens is 383 g/mol. The predicted octanol–water partition coefficient (Wildman–Crippen LogP) is 2.36. The van der Waals surface area contributed by atoms with Gasteiger partial charge in [0.1, 0.15) is 11.8 Å². The zero-order valence-electron chi connectivity index (χ0n) is 15.8. The van der Waals surface area contributed by atoms with Gasteiger partial charge in [-0.3, -0.25) is 9.69 Å². The highest BCUT2D eigenvalue weighted by Gasteiger charge is 2.43. The van der Waals surface area contributed by atoms with Gasteiger partial charge in [0, 0.05) is 32.7 Å². The average molecular weight is 410 g/mol. The van der Waals surface area contributed by atoms with Crippen molar-refractivity contribution in [3.05, 3.63) is 28.8 Å². The summed E-state index contributed by atoms with van der Waals surface area (Å²) in [5, 5.41) is 5.38. The van der Waals surface area contributed by atoms with Gasteiger partial charge in [-0.2, -0.15) is 13.2 Å². The van der Waals surface area contributed by atoms with E-state index in [2.05, 4.69) is 10.6 Å². The van der Waals surface area contributed by atoms with Gasteiger partial charge in [0.25, 0.3) is 5.91 Å². The first-order valence-electron chi connectivity index (χ1n) is 8.67. The van der Waals surface area contributed by atoms with Crippen LogP contribution in [-0.4, -0.2) is 62.4 Å². The van der Waals surface area contributed by atoms with Crippen molar-refractivity contribution < 1.29 is 22.7 Å². The minimum Gasteiger partial charge on any atom is -0.483 e. The van der Waals surface area contributed by atoms with Crippen LogP contribution in [0.25, 0.3) is 0 Å². The number of hydrogen-bond donors (Lipinski definition) is 2. The molecule has 2 rings (SSSR count). The van der Waals surface area contributed by atoms with Crippen LogP contribution in [0.3, 0.4) is 0 Å². The largest absolute Gasteiger partial charge is 0.483 e. The molecule has 1 unspecified atom stereocenters. The topological polar surface area (TPSA) is 53.6 Å². The zero-order chi connectivity index (χ0) is 19.3. The first-order valence-corrected chi connectivity index (χ1v) is 8.67. The van der Waals surface area contributed by atoms with Crippen LogP contribution in [0, 0.1) is 20.8 Å². The third kappa shape index (κ3) is 6.86. The van der Waals surface area contributed by atoms with Crippen LogP contribution in [0.4, 0.5) is 13.2 Å². The number of amides is 1. The number of carbonyl (C=O) groups excluding carboxylic acids is 1. The smallest absolute Gasteiger partial charge is 0.405 e. The second kappa shape index (κ2) is 10.1. The van der Waals surface area contributed by atoms with Gasteiger partial charge in [-0.15, -0.1) is 12.4 Å². The molecule has 5 nitrogen and oxygen atoms in total. The van der Waals surface area contributed by atoms with E-state index in [9.17, 15) is 18.0 Å². The van der Waals surface area contributed by atoms with Gasteiger partial charge < -0.3 is 15.4 Å². The zero-order valence-corrected chi connectivity index (χ0v) is 16.6. The summed E-state index contributed by atoms with van der Waals surface area (Å²) in [6, 6.07) is 2.19. The minimum atomic E-state index is -4.39. The van der Waals surface area contributed by atoms with Gasteiger partial charge in [0.05, 0.1) is 0 Å². The monoisotopic (exact) mass is 409 g/mol. The van der Waals surface area contributed by atoms with Gasteiger partial charge >= 0.3 is 6.18 Å². The molecule has 0 aliphatic carbocycles. The predicted molar refractivity (Wildman–Crippen MR) is 101 cm³/mol. The fourth-order valence-electron chi connectivity index (χ4n) is 3.24. The Morgan fingerprint density at radius 2 is 1.78 bits per heavy atom. The SMILES string of the molecule is Cc1cc(C)c(OCC(=O)NCC(N2CCNCC2)C(F)(F)F)c(C)c1.Cl. The molecule has 0 saturated carbocycles. The highest BCUT2D eigenvalue weighted by Crippen LogP contribution is 2.25. The molecule has 27 heavy (non-hydrogen) atoms. The molecule has 1 aromatic carbocycles. The highest BCUT2D eigenvalue weighted by atomic mass is 35.5. The van der Waals surface area contributed by atoms with E-state index in [4.69, 9.17) is 4.74 Å². The molecule has 1 aliphatic heterocycles. The van der Waals surface area contributed by atoms with E-state index in [1.807, 2.05) is 32.9 Å². The molecule has 1 saturated heterocycles. The van der Waals surface area contributed by atoms with Crippen molar-refractivity contribution in [1.29, 1.82) is 0 Å². The Morgan fingerprint density at radius 1 is 1.22 bits per heavy atom. The first-order chi connectivity index (χ1) is 12.2. The fraction of sp³-hybridized carbons (Fsp3) is 0.611. The number of carbonyl (C=O) groups is 1. The third-order valence-electron chi connectivity index (χ3n) is 4.42.